The third kappa shape index (κ3) is 6.25. The number of hydrogen-bond donors (Lipinski definition) is 1. The lowest BCUT2D eigenvalue weighted by Gasteiger charge is -2.35. The van der Waals surface area contributed by atoms with E-state index in [0.29, 0.717) is 19.6 Å². The first-order chi connectivity index (χ1) is 14.5. The second kappa shape index (κ2) is 10.7. The number of halogens is 1. The molecule has 7 nitrogen and oxygen atoms in total. The van der Waals surface area contributed by atoms with Crippen molar-refractivity contribution in [3.63, 3.8) is 0 Å². The van der Waals surface area contributed by atoms with Crippen LogP contribution in [0.25, 0.3) is 0 Å². The van der Waals surface area contributed by atoms with E-state index in [9.17, 15) is 14.0 Å². The van der Waals surface area contributed by atoms with Crippen LogP contribution in [-0.4, -0.2) is 72.4 Å². The molecule has 1 aliphatic heterocycles. The minimum absolute atomic E-state index is 0.0183. The Bertz CT molecular complexity index is 823. The Balaban J connectivity index is 1.42. The van der Waals surface area contributed by atoms with E-state index in [1.54, 1.807) is 23.2 Å². The first kappa shape index (κ1) is 21.7. The number of rotatable bonds is 8. The summed E-state index contributed by atoms with van der Waals surface area (Å²) in [5.74, 6) is 0.361. The summed E-state index contributed by atoms with van der Waals surface area (Å²) in [4.78, 5) is 35.2. The maximum atomic E-state index is 13.0. The van der Waals surface area contributed by atoms with E-state index in [1.807, 2.05) is 25.1 Å². The predicted octanol–water partition coefficient (Wildman–Crippen LogP) is 1.51. The highest BCUT2D eigenvalue weighted by molar-refractivity contribution is 5.85. The minimum Gasteiger partial charge on any atom is -0.354 e. The molecule has 1 saturated heterocycles. The minimum atomic E-state index is -0.311. The van der Waals surface area contributed by atoms with Crippen molar-refractivity contribution in [3.8, 4) is 0 Å². The van der Waals surface area contributed by atoms with Gasteiger partial charge in [0.05, 0.1) is 13.1 Å². The molecule has 2 amide bonds. The summed E-state index contributed by atoms with van der Waals surface area (Å²) < 4.78 is 13.0. The van der Waals surface area contributed by atoms with E-state index in [2.05, 4.69) is 20.1 Å². The van der Waals surface area contributed by atoms with Gasteiger partial charge < -0.3 is 15.1 Å². The van der Waals surface area contributed by atoms with Crippen molar-refractivity contribution >= 4 is 17.6 Å². The van der Waals surface area contributed by atoms with Crippen molar-refractivity contribution in [3.05, 3.63) is 60.0 Å². The van der Waals surface area contributed by atoms with Gasteiger partial charge >= 0.3 is 0 Å². The van der Waals surface area contributed by atoms with Crippen molar-refractivity contribution in [1.82, 2.24) is 20.1 Å². The fourth-order valence-corrected chi connectivity index (χ4v) is 3.38. The van der Waals surface area contributed by atoms with Gasteiger partial charge in [0.15, 0.2) is 0 Å². The summed E-state index contributed by atoms with van der Waals surface area (Å²) in [6.07, 6.45) is 1.78. The second-order valence-corrected chi connectivity index (χ2v) is 7.26. The molecule has 30 heavy (non-hydrogen) atoms. The molecule has 1 aromatic heterocycles. The van der Waals surface area contributed by atoms with Crippen LogP contribution in [0.15, 0.2) is 48.7 Å². The maximum Gasteiger partial charge on any atom is 0.239 e. The van der Waals surface area contributed by atoms with E-state index in [1.165, 1.54) is 12.1 Å². The van der Waals surface area contributed by atoms with E-state index in [-0.39, 0.29) is 24.2 Å². The number of amides is 2. The lowest BCUT2D eigenvalue weighted by Crippen LogP contribution is -2.51. The molecular formula is C22H28FN5O2. The van der Waals surface area contributed by atoms with Gasteiger partial charge in [-0.1, -0.05) is 18.2 Å². The predicted molar refractivity (Wildman–Crippen MR) is 113 cm³/mol. The zero-order valence-electron chi connectivity index (χ0n) is 17.3. The number of hydrogen-bond acceptors (Lipinski definition) is 5. The lowest BCUT2D eigenvalue weighted by atomic mass is 10.2. The number of piperazine rings is 1. The molecule has 0 atom stereocenters. The van der Waals surface area contributed by atoms with Crippen molar-refractivity contribution in [2.75, 3.05) is 50.7 Å². The van der Waals surface area contributed by atoms with Gasteiger partial charge in [-0.15, -0.1) is 0 Å². The first-order valence-corrected chi connectivity index (χ1v) is 10.2. The normalized spacial score (nSPS) is 14.4. The first-order valence-electron chi connectivity index (χ1n) is 10.2. The molecule has 1 aromatic carbocycles. The largest absolute Gasteiger partial charge is 0.354 e. The van der Waals surface area contributed by atoms with Crippen LogP contribution in [0.1, 0.15) is 12.5 Å². The topological polar surface area (TPSA) is 68.8 Å². The number of pyridine rings is 1. The smallest absolute Gasteiger partial charge is 0.239 e. The molecule has 1 aliphatic rings. The van der Waals surface area contributed by atoms with Crippen molar-refractivity contribution < 1.29 is 14.0 Å². The highest BCUT2D eigenvalue weighted by Crippen LogP contribution is 2.12. The number of carbonyl (C=O) groups is 2. The number of aromatic nitrogens is 1. The number of likely N-dealkylation sites (N-methyl/N-ethyl adjacent to an activating group) is 1. The fourth-order valence-electron chi connectivity index (χ4n) is 3.38. The molecule has 8 heteroatoms. The summed E-state index contributed by atoms with van der Waals surface area (Å²) in [6, 6.07) is 11.8. The molecule has 0 aliphatic carbocycles. The van der Waals surface area contributed by atoms with Crippen LogP contribution in [0, 0.1) is 5.82 Å². The number of nitrogens with one attached hydrogen (secondary N) is 1. The van der Waals surface area contributed by atoms with Gasteiger partial charge in [0.1, 0.15) is 11.6 Å². The van der Waals surface area contributed by atoms with Crippen molar-refractivity contribution in [1.29, 1.82) is 0 Å². The number of nitrogens with zero attached hydrogens (tertiary/aromatic N) is 4. The summed E-state index contributed by atoms with van der Waals surface area (Å²) in [5, 5.41) is 2.78. The van der Waals surface area contributed by atoms with Gasteiger partial charge in [-0.05, 0) is 36.8 Å². The molecule has 3 rings (SSSR count). The summed E-state index contributed by atoms with van der Waals surface area (Å²) in [5.41, 5.74) is 0.810. The van der Waals surface area contributed by atoms with Gasteiger partial charge in [0, 0.05) is 45.5 Å². The van der Waals surface area contributed by atoms with E-state index >= 15 is 0 Å². The maximum absolute atomic E-state index is 13.0. The molecule has 0 radical (unpaired) electrons. The monoisotopic (exact) mass is 413 g/mol. The lowest BCUT2D eigenvalue weighted by molar-refractivity contribution is -0.136. The molecular weight excluding hydrogens is 385 g/mol. The van der Waals surface area contributed by atoms with Crippen LogP contribution >= 0.6 is 0 Å². The molecule has 1 N–H and O–H groups in total. The molecule has 2 aromatic rings. The van der Waals surface area contributed by atoms with Crippen LogP contribution < -0.4 is 10.2 Å². The average molecular weight is 413 g/mol. The van der Waals surface area contributed by atoms with Crippen LogP contribution in [-0.2, 0) is 16.1 Å². The summed E-state index contributed by atoms with van der Waals surface area (Å²) >= 11 is 0. The van der Waals surface area contributed by atoms with E-state index in [4.69, 9.17) is 0 Å². The highest BCUT2D eigenvalue weighted by atomic mass is 19.1. The molecule has 0 bridgehead atoms. The van der Waals surface area contributed by atoms with Gasteiger partial charge in [0.25, 0.3) is 0 Å². The Kier molecular flexibility index (Phi) is 7.73. The fraction of sp³-hybridized carbons (Fsp3) is 0.409. The summed E-state index contributed by atoms with van der Waals surface area (Å²) in [6.45, 7) is 6.14. The van der Waals surface area contributed by atoms with Crippen LogP contribution in [0.3, 0.4) is 0 Å². The Labute approximate surface area is 176 Å². The average Bonchev–Trinajstić information content (AvgIpc) is 2.78. The molecule has 0 saturated carbocycles. The second-order valence-electron chi connectivity index (χ2n) is 7.26. The molecule has 0 spiro atoms. The van der Waals surface area contributed by atoms with E-state index < -0.39 is 0 Å². The van der Waals surface area contributed by atoms with Gasteiger partial charge in [-0.25, -0.2) is 9.37 Å². The Morgan fingerprint density at radius 2 is 1.83 bits per heavy atom. The van der Waals surface area contributed by atoms with Crippen LogP contribution in [0.2, 0.25) is 0 Å². The molecule has 160 valence electrons. The zero-order chi connectivity index (χ0) is 21.3. The van der Waals surface area contributed by atoms with Crippen LogP contribution in [0.4, 0.5) is 10.2 Å². The third-order valence-electron chi connectivity index (χ3n) is 5.18. The van der Waals surface area contributed by atoms with Gasteiger partial charge in [-0.3, -0.25) is 14.5 Å². The highest BCUT2D eigenvalue weighted by Gasteiger charge is 2.22. The Morgan fingerprint density at radius 1 is 1.10 bits per heavy atom. The van der Waals surface area contributed by atoms with E-state index in [0.717, 1.165) is 37.6 Å². The quantitative estimate of drug-likeness (QED) is 0.711. The number of carbonyl (C=O) groups excluding carboxylic acids is 2. The molecule has 1 fully saturated rings. The number of benzene rings is 1. The zero-order valence-corrected chi connectivity index (χ0v) is 17.3. The van der Waals surface area contributed by atoms with Gasteiger partial charge in [0.2, 0.25) is 11.8 Å². The summed E-state index contributed by atoms with van der Waals surface area (Å²) in [7, 11) is 0. The van der Waals surface area contributed by atoms with Crippen LogP contribution in [0.5, 0.6) is 0 Å². The molecule has 2 heterocycles. The standard InChI is InChI=1S/C22H28FN5O2/c1-2-27(16-21(29)25-15-18-6-8-19(23)9-7-18)22(30)17-26-11-13-28(14-12-26)20-5-3-4-10-24-20/h3-10H,2,11-17H2,1H3,(H,25,29). The van der Waals surface area contributed by atoms with Gasteiger partial charge in [-0.2, -0.15) is 0 Å². The molecule has 0 unspecified atom stereocenters. The van der Waals surface area contributed by atoms with Crippen molar-refractivity contribution in [2.45, 2.75) is 13.5 Å². The Hall–Kier alpha value is -3.00. The SMILES string of the molecule is CCN(CC(=O)NCc1ccc(F)cc1)C(=O)CN1CCN(c2ccccn2)CC1. The van der Waals surface area contributed by atoms with Crippen molar-refractivity contribution in [2.24, 2.45) is 0 Å². The number of anilines is 1. The Morgan fingerprint density at radius 3 is 2.47 bits per heavy atom. The third-order valence-corrected chi connectivity index (χ3v) is 5.18.